The minimum absolute atomic E-state index is 0.00755. The molecule has 0 saturated carbocycles. The molecule has 3 aromatic rings. The predicted octanol–water partition coefficient (Wildman–Crippen LogP) is 3.13. The topological polar surface area (TPSA) is 91.2 Å². The second-order valence-electron chi connectivity index (χ2n) is 7.05. The smallest absolute Gasteiger partial charge is 0.253 e. The van der Waals surface area contributed by atoms with Crippen molar-refractivity contribution in [3.63, 3.8) is 0 Å². The maximum Gasteiger partial charge on any atom is 0.253 e. The average Bonchev–Trinajstić information content (AvgIpc) is 3.28. The number of carbonyl (C=O) groups excluding carboxylic acids is 1. The van der Waals surface area contributed by atoms with E-state index in [1.165, 1.54) is 0 Å². The van der Waals surface area contributed by atoms with E-state index in [2.05, 4.69) is 27.3 Å². The highest BCUT2D eigenvalue weighted by Gasteiger charge is 2.18. The van der Waals surface area contributed by atoms with E-state index in [1.807, 2.05) is 25.3 Å². The first-order valence-corrected chi connectivity index (χ1v) is 9.87. The predicted molar refractivity (Wildman–Crippen MR) is 114 cm³/mol. The lowest BCUT2D eigenvalue weighted by molar-refractivity contribution is 0.0884. The third kappa shape index (κ3) is 5.01. The molecule has 158 valence electrons. The maximum absolute atomic E-state index is 12.5. The summed E-state index contributed by atoms with van der Waals surface area (Å²) in [5.41, 5.74) is 2.36. The molecule has 0 radical (unpaired) electrons. The van der Waals surface area contributed by atoms with Crippen molar-refractivity contribution < 1.29 is 14.3 Å². The Balaban J connectivity index is 1.70. The number of hydrogen-bond donors (Lipinski definition) is 1. The zero-order valence-electron chi connectivity index (χ0n) is 17.7. The van der Waals surface area contributed by atoms with Gasteiger partial charge in [0.25, 0.3) is 5.91 Å². The van der Waals surface area contributed by atoms with Gasteiger partial charge in [0, 0.05) is 49.3 Å². The van der Waals surface area contributed by atoms with Crippen molar-refractivity contribution in [3.05, 3.63) is 54.6 Å². The van der Waals surface area contributed by atoms with Crippen molar-refractivity contribution in [2.45, 2.75) is 26.3 Å². The van der Waals surface area contributed by atoms with E-state index < -0.39 is 0 Å². The van der Waals surface area contributed by atoms with Gasteiger partial charge in [-0.2, -0.15) is 5.10 Å². The number of amides is 1. The summed E-state index contributed by atoms with van der Waals surface area (Å²) in [6, 6.07) is 7.26. The van der Waals surface area contributed by atoms with Gasteiger partial charge in [0.2, 0.25) is 5.88 Å². The second kappa shape index (κ2) is 9.98. The van der Waals surface area contributed by atoms with Crippen LogP contribution in [-0.4, -0.2) is 52.5 Å². The van der Waals surface area contributed by atoms with Crippen molar-refractivity contribution >= 4 is 5.91 Å². The van der Waals surface area contributed by atoms with Gasteiger partial charge in [-0.05, 0) is 37.1 Å². The Kier molecular flexibility index (Phi) is 7.13. The first-order chi connectivity index (χ1) is 14.5. The third-order valence-corrected chi connectivity index (χ3v) is 5.08. The molecule has 0 aromatic carbocycles. The zero-order chi connectivity index (χ0) is 21.5. The fourth-order valence-corrected chi connectivity index (χ4v) is 3.19. The highest BCUT2D eigenvalue weighted by Crippen LogP contribution is 2.22. The summed E-state index contributed by atoms with van der Waals surface area (Å²) in [6.07, 6.45) is 7.80. The molecule has 2 atom stereocenters. The monoisotopic (exact) mass is 409 g/mol. The second-order valence-corrected chi connectivity index (χ2v) is 7.05. The van der Waals surface area contributed by atoms with Crippen molar-refractivity contribution in [1.29, 1.82) is 0 Å². The van der Waals surface area contributed by atoms with Crippen LogP contribution in [0.5, 0.6) is 5.88 Å². The van der Waals surface area contributed by atoms with Crippen LogP contribution in [-0.2, 0) is 4.74 Å². The van der Waals surface area contributed by atoms with Crippen LogP contribution in [0.3, 0.4) is 0 Å². The van der Waals surface area contributed by atoms with Gasteiger partial charge in [0.05, 0.1) is 25.5 Å². The lowest BCUT2D eigenvalue weighted by Crippen LogP contribution is -2.39. The maximum atomic E-state index is 12.5. The number of aromatic nitrogens is 4. The Hall–Kier alpha value is -3.26. The van der Waals surface area contributed by atoms with Crippen LogP contribution in [0.25, 0.3) is 16.9 Å². The molecule has 2 unspecified atom stereocenters. The Labute approximate surface area is 176 Å². The highest BCUT2D eigenvalue weighted by atomic mass is 16.5. The largest absolute Gasteiger partial charge is 0.481 e. The van der Waals surface area contributed by atoms with Crippen LogP contribution in [0.1, 0.15) is 30.6 Å². The Bertz CT molecular complexity index is 971. The van der Waals surface area contributed by atoms with Crippen molar-refractivity contribution in [1.82, 2.24) is 25.1 Å². The standard InChI is InChI=1S/C22H27N5O3/c1-5-16(14-29-3)15(2)26-22(28)18-6-7-20(24-11-18)27-13-19(12-25-27)17-8-9-23-21(10-17)30-4/h6-13,15-16H,5,14H2,1-4H3,(H,26,28). The van der Waals surface area contributed by atoms with E-state index in [0.717, 1.165) is 17.5 Å². The number of nitrogens with zero attached hydrogens (tertiary/aromatic N) is 4. The summed E-state index contributed by atoms with van der Waals surface area (Å²) < 4.78 is 12.1. The molecule has 8 nitrogen and oxygen atoms in total. The molecular formula is C22H27N5O3. The molecular weight excluding hydrogens is 382 g/mol. The van der Waals surface area contributed by atoms with E-state index >= 15 is 0 Å². The molecule has 3 heterocycles. The van der Waals surface area contributed by atoms with E-state index in [-0.39, 0.29) is 17.9 Å². The van der Waals surface area contributed by atoms with Crippen LogP contribution in [0.4, 0.5) is 0 Å². The molecule has 0 aliphatic rings. The summed E-state index contributed by atoms with van der Waals surface area (Å²) in [4.78, 5) is 21.1. The zero-order valence-corrected chi connectivity index (χ0v) is 17.7. The fraction of sp³-hybridized carbons (Fsp3) is 0.364. The van der Waals surface area contributed by atoms with Crippen molar-refractivity contribution in [3.8, 4) is 22.8 Å². The number of carbonyl (C=O) groups is 1. The molecule has 0 aliphatic heterocycles. The SMILES string of the molecule is CCC(COC)C(C)NC(=O)c1ccc(-n2cc(-c3ccnc(OC)c3)cn2)nc1. The molecule has 3 rings (SSSR count). The van der Waals surface area contributed by atoms with Crippen LogP contribution >= 0.6 is 0 Å². The molecule has 0 bridgehead atoms. The molecule has 3 aromatic heterocycles. The number of rotatable bonds is 9. The van der Waals surface area contributed by atoms with Gasteiger partial charge in [-0.1, -0.05) is 6.92 Å². The molecule has 0 spiro atoms. The van der Waals surface area contributed by atoms with E-state index in [4.69, 9.17) is 9.47 Å². The van der Waals surface area contributed by atoms with Gasteiger partial charge in [0.1, 0.15) is 0 Å². The molecule has 0 fully saturated rings. The molecule has 8 heteroatoms. The van der Waals surface area contributed by atoms with Crippen LogP contribution < -0.4 is 10.1 Å². The first-order valence-electron chi connectivity index (χ1n) is 9.87. The molecule has 0 aliphatic carbocycles. The molecule has 0 saturated heterocycles. The summed E-state index contributed by atoms with van der Waals surface area (Å²) in [5, 5.41) is 7.40. The van der Waals surface area contributed by atoms with E-state index in [0.29, 0.717) is 23.9 Å². The Morgan fingerprint density at radius 1 is 1.17 bits per heavy atom. The lowest BCUT2D eigenvalue weighted by atomic mass is 9.99. The molecule has 1 N–H and O–H groups in total. The van der Waals surface area contributed by atoms with Crippen molar-refractivity contribution in [2.75, 3.05) is 20.8 Å². The van der Waals surface area contributed by atoms with E-state index in [9.17, 15) is 4.79 Å². The molecule has 30 heavy (non-hydrogen) atoms. The van der Waals surface area contributed by atoms with Crippen LogP contribution in [0.2, 0.25) is 0 Å². The van der Waals surface area contributed by atoms with Gasteiger partial charge >= 0.3 is 0 Å². The van der Waals surface area contributed by atoms with Crippen molar-refractivity contribution in [2.24, 2.45) is 5.92 Å². The minimum atomic E-state index is -0.152. The van der Waals surface area contributed by atoms with Gasteiger partial charge in [-0.15, -0.1) is 0 Å². The Morgan fingerprint density at radius 2 is 2.00 bits per heavy atom. The molecule has 1 amide bonds. The Morgan fingerprint density at radius 3 is 2.67 bits per heavy atom. The van der Waals surface area contributed by atoms with Gasteiger partial charge in [-0.3, -0.25) is 4.79 Å². The minimum Gasteiger partial charge on any atom is -0.481 e. The quantitative estimate of drug-likeness (QED) is 0.584. The number of ether oxygens (including phenoxy) is 2. The van der Waals surface area contributed by atoms with Crippen LogP contribution in [0, 0.1) is 5.92 Å². The number of hydrogen-bond acceptors (Lipinski definition) is 6. The van der Waals surface area contributed by atoms with Gasteiger partial charge in [0.15, 0.2) is 5.82 Å². The first kappa shape index (κ1) is 21.4. The third-order valence-electron chi connectivity index (χ3n) is 5.08. The number of methoxy groups -OCH3 is 2. The highest BCUT2D eigenvalue weighted by molar-refractivity contribution is 5.94. The number of pyridine rings is 2. The van der Waals surface area contributed by atoms with Gasteiger partial charge < -0.3 is 14.8 Å². The summed E-state index contributed by atoms with van der Waals surface area (Å²) in [7, 11) is 3.25. The summed E-state index contributed by atoms with van der Waals surface area (Å²) in [6.45, 7) is 4.69. The van der Waals surface area contributed by atoms with E-state index in [1.54, 1.807) is 49.6 Å². The fourth-order valence-electron chi connectivity index (χ4n) is 3.19. The van der Waals surface area contributed by atoms with Crippen LogP contribution in [0.15, 0.2) is 49.1 Å². The summed E-state index contributed by atoms with van der Waals surface area (Å²) in [5.74, 6) is 1.28. The normalized spacial score (nSPS) is 12.9. The summed E-state index contributed by atoms with van der Waals surface area (Å²) >= 11 is 0. The van der Waals surface area contributed by atoms with Gasteiger partial charge in [-0.25, -0.2) is 14.6 Å². The lowest BCUT2D eigenvalue weighted by Gasteiger charge is -2.23. The average molecular weight is 409 g/mol. The number of nitrogens with one attached hydrogen (secondary N) is 1.